The van der Waals surface area contributed by atoms with Crippen molar-refractivity contribution >= 4 is 17.9 Å². The molecule has 44 heavy (non-hydrogen) atoms. The molecule has 0 radical (unpaired) electrons. The van der Waals surface area contributed by atoms with E-state index in [1.54, 1.807) is 0 Å². The van der Waals surface area contributed by atoms with Crippen molar-refractivity contribution in [2.75, 3.05) is 106 Å². The molecule has 0 bridgehead atoms. The molecule has 0 aromatic rings. The molecule has 0 saturated carbocycles. The first kappa shape index (κ1) is 42.1. The van der Waals surface area contributed by atoms with Crippen molar-refractivity contribution in [2.24, 2.45) is 0 Å². The number of hydrogen-bond acceptors (Lipinski definition) is 12. The smallest absolute Gasteiger partial charge is 0.305 e. The van der Waals surface area contributed by atoms with E-state index in [1.165, 1.54) is 25.7 Å². The first-order valence-corrected chi connectivity index (χ1v) is 16.1. The molecule has 0 fully saturated rings. The summed E-state index contributed by atoms with van der Waals surface area (Å²) in [7, 11) is 0. The molecule has 0 rings (SSSR count). The highest BCUT2D eigenvalue weighted by Gasteiger charge is 2.05. The van der Waals surface area contributed by atoms with Gasteiger partial charge in [0.05, 0.1) is 92.5 Å². The molecule has 0 saturated heterocycles. The van der Waals surface area contributed by atoms with Gasteiger partial charge >= 0.3 is 17.9 Å². The maximum Gasteiger partial charge on any atom is 0.305 e. The second-order valence-corrected chi connectivity index (χ2v) is 9.85. The van der Waals surface area contributed by atoms with E-state index in [4.69, 9.17) is 47.7 Å². The fraction of sp³-hybridized carbons (Fsp3) is 0.903. The average molecular weight is 639 g/mol. The largest absolute Gasteiger partial charge is 0.481 e. The van der Waals surface area contributed by atoms with Gasteiger partial charge in [-0.2, -0.15) is 0 Å². The van der Waals surface area contributed by atoms with Crippen LogP contribution in [0.15, 0.2) is 0 Å². The molecule has 0 spiro atoms. The molecule has 13 nitrogen and oxygen atoms in total. The summed E-state index contributed by atoms with van der Waals surface area (Å²) in [5.41, 5.74) is 0. The van der Waals surface area contributed by atoms with Crippen molar-refractivity contribution in [3.63, 3.8) is 0 Å². The van der Waals surface area contributed by atoms with Crippen LogP contribution in [0.4, 0.5) is 0 Å². The van der Waals surface area contributed by atoms with Crippen LogP contribution < -0.4 is 0 Å². The molecule has 260 valence electrons. The summed E-state index contributed by atoms with van der Waals surface area (Å²) >= 11 is 0. The van der Waals surface area contributed by atoms with Crippen molar-refractivity contribution in [3.8, 4) is 0 Å². The summed E-state index contributed by atoms with van der Waals surface area (Å²) in [6, 6.07) is 0. The van der Waals surface area contributed by atoms with Crippen LogP contribution in [0.3, 0.4) is 0 Å². The van der Waals surface area contributed by atoms with Gasteiger partial charge < -0.3 is 47.7 Å². The number of carboxylic acids is 1. The summed E-state index contributed by atoms with van der Waals surface area (Å²) in [4.78, 5) is 33.5. The third-order valence-electron chi connectivity index (χ3n) is 5.97. The van der Waals surface area contributed by atoms with Crippen LogP contribution in [0.2, 0.25) is 0 Å². The van der Waals surface area contributed by atoms with Crippen LogP contribution in [0.25, 0.3) is 0 Å². The Balaban J connectivity index is 3.15. The molecule has 0 aliphatic carbocycles. The Labute approximate surface area is 263 Å². The SMILES string of the molecule is CCCCCCCCC(=O)OCCOCCOCCOCCOCCOCCOCCOCCOC(=O)CCCCC(=O)O. The summed E-state index contributed by atoms with van der Waals surface area (Å²) in [6.45, 7) is 8.67. The summed E-state index contributed by atoms with van der Waals surface area (Å²) in [6.07, 6.45) is 8.61. The number of carbonyl (C=O) groups excluding carboxylic acids is 2. The summed E-state index contributed by atoms with van der Waals surface area (Å²) < 4.78 is 48.0. The van der Waals surface area contributed by atoms with E-state index < -0.39 is 5.97 Å². The number of carboxylic acid groups (broad SMARTS) is 1. The van der Waals surface area contributed by atoms with E-state index >= 15 is 0 Å². The van der Waals surface area contributed by atoms with Gasteiger partial charge in [-0.05, 0) is 19.3 Å². The van der Waals surface area contributed by atoms with E-state index in [-0.39, 0.29) is 44.6 Å². The fourth-order valence-corrected chi connectivity index (χ4v) is 3.59. The van der Waals surface area contributed by atoms with Crippen molar-refractivity contribution in [1.82, 2.24) is 0 Å². The van der Waals surface area contributed by atoms with Gasteiger partial charge in [-0.1, -0.05) is 39.0 Å². The average Bonchev–Trinajstić information content (AvgIpc) is 3.01. The first-order chi connectivity index (χ1) is 21.6. The number of carbonyl (C=O) groups is 3. The minimum absolute atomic E-state index is 0.0597. The third kappa shape index (κ3) is 36.3. The number of ether oxygens (including phenoxy) is 9. The van der Waals surface area contributed by atoms with Crippen molar-refractivity contribution in [2.45, 2.75) is 77.6 Å². The van der Waals surface area contributed by atoms with Gasteiger partial charge in [0.1, 0.15) is 13.2 Å². The molecule has 0 aromatic heterocycles. The highest BCUT2D eigenvalue weighted by atomic mass is 16.6. The normalized spacial score (nSPS) is 11.1. The predicted molar refractivity (Wildman–Crippen MR) is 162 cm³/mol. The van der Waals surface area contributed by atoms with Gasteiger partial charge in [0.25, 0.3) is 0 Å². The van der Waals surface area contributed by atoms with Gasteiger partial charge in [0.2, 0.25) is 0 Å². The predicted octanol–water partition coefficient (Wildman–Crippen LogP) is 3.58. The lowest BCUT2D eigenvalue weighted by Crippen LogP contribution is -2.15. The first-order valence-electron chi connectivity index (χ1n) is 16.1. The Morgan fingerprint density at radius 1 is 0.386 bits per heavy atom. The summed E-state index contributed by atoms with van der Waals surface area (Å²) in [5.74, 6) is -1.36. The van der Waals surface area contributed by atoms with Crippen LogP contribution in [0.1, 0.15) is 77.6 Å². The van der Waals surface area contributed by atoms with Gasteiger partial charge in [0, 0.05) is 19.3 Å². The molecule has 0 atom stereocenters. The quantitative estimate of drug-likeness (QED) is 0.0786. The lowest BCUT2D eigenvalue weighted by molar-refractivity contribution is -0.146. The van der Waals surface area contributed by atoms with Gasteiger partial charge in [-0.15, -0.1) is 0 Å². The zero-order valence-electron chi connectivity index (χ0n) is 26.9. The molecule has 0 aliphatic heterocycles. The Morgan fingerprint density at radius 2 is 0.659 bits per heavy atom. The van der Waals surface area contributed by atoms with E-state index in [9.17, 15) is 14.4 Å². The third-order valence-corrected chi connectivity index (χ3v) is 5.97. The molecule has 0 amide bonds. The van der Waals surface area contributed by atoms with E-state index in [2.05, 4.69) is 6.92 Å². The Bertz CT molecular complexity index is 648. The van der Waals surface area contributed by atoms with Crippen LogP contribution in [0.5, 0.6) is 0 Å². The van der Waals surface area contributed by atoms with E-state index in [0.29, 0.717) is 105 Å². The molecular formula is C31H58O13. The van der Waals surface area contributed by atoms with Crippen molar-refractivity contribution < 1.29 is 62.1 Å². The lowest BCUT2D eigenvalue weighted by atomic mass is 10.1. The summed E-state index contributed by atoms with van der Waals surface area (Å²) in [5, 5.41) is 8.54. The Hall–Kier alpha value is -1.87. The van der Waals surface area contributed by atoms with E-state index in [0.717, 1.165) is 12.8 Å². The monoisotopic (exact) mass is 638 g/mol. The number of aliphatic carboxylic acids is 1. The molecule has 0 heterocycles. The van der Waals surface area contributed by atoms with Crippen LogP contribution >= 0.6 is 0 Å². The molecule has 13 heteroatoms. The van der Waals surface area contributed by atoms with E-state index in [1.807, 2.05) is 0 Å². The zero-order valence-corrected chi connectivity index (χ0v) is 26.9. The van der Waals surface area contributed by atoms with Crippen molar-refractivity contribution in [1.29, 1.82) is 0 Å². The molecular weight excluding hydrogens is 580 g/mol. The van der Waals surface area contributed by atoms with Crippen LogP contribution in [-0.4, -0.2) is 129 Å². The highest BCUT2D eigenvalue weighted by molar-refractivity contribution is 5.70. The van der Waals surface area contributed by atoms with Gasteiger partial charge in [-0.3, -0.25) is 14.4 Å². The minimum Gasteiger partial charge on any atom is -0.481 e. The second-order valence-electron chi connectivity index (χ2n) is 9.85. The van der Waals surface area contributed by atoms with Gasteiger partial charge in [-0.25, -0.2) is 0 Å². The number of hydrogen-bond donors (Lipinski definition) is 1. The highest BCUT2D eigenvalue weighted by Crippen LogP contribution is 2.07. The topological polar surface area (TPSA) is 155 Å². The number of rotatable bonds is 36. The van der Waals surface area contributed by atoms with Crippen LogP contribution in [0, 0.1) is 0 Å². The Morgan fingerprint density at radius 3 is 1.00 bits per heavy atom. The fourth-order valence-electron chi connectivity index (χ4n) is 3.59. The molecule has 0 aliphatic rings. The maximum atomic E-state index is 11.6. The van der Waals surface area contributed by atoms with Crippen LogP contribution in [-0.2, 0) is 57.0 Å². The van der Waals surface area contributed by atoms with Crippen molar-refractivity contribution in [3.05, 3.63) is 0 Å². The molecule has 1 N–H and O–H groups in total. The number of unbranched alkanes of at least 4 members (excludes halogenated alkanes) is 6. The Kier molecular flexibility index (Phi) is 34.1. The standard InChI is InChI=1S/C31H58O13/c1-2-3-4-5-6-7-11-30(34)43-27-25-41-23-21-39-19-17-37-15-13-36-14-16-38-18-20-40-22-24-42-26-28-44-31(35)12-9-8-10-29(32)33/h2-28H2,1H3,(H,32,33). The van der Waals surface area contributed by atoms with Gasteiger partial charge in [0.15, 0.2) is 0 Å². The maximum absolute atomic E-state index is 11.6. The molecule has 0 unspecified atom stereocenters. The minimum atomic E-state index is -0.863. The number of esters is 2. The lowest BCUT2D eigenvalue weighted by Gasteiger charge is -2.09. The molecule has 0 aromatic carbocycles. The zero-order chi connectivity index (χ0) is 32.2. The second kappa shape index (κ2) is 35.6.